The van der Waals surface area contributed by atoms with Gasteiger partial charge in [-0.25, -0.2) is 0 Å². The van der Waals surface area contributed by atoms with E-state index < -0.39 is 0 Å². The zero-order valence-electron chi connectivity index (χ0n) is 8.37. The highest BCUT2D eigenvalue weighted by molar-refractivity contribution is 5.16. The van der Waals surface area contributed by atoms with Crippen molar-refractivity contribution in [2.24, 2.45) is 0 Å². The fourth-order valence-electron chi connectivity index (χ4n) is 0.860. The molecule has 0 amide bonds. The van der Waals surface area contributed by atoms with Crippen molar-refractivity contribution in [1.82, 2.24) is 0 Å². The Kier molecular flexibility index (Phi) is 6.39. The van der Waals surface area contributed by atoms with Gasteiger partial charge < -0.3 is 4.74 Å². The molecular formula is C11H18O. The van der Waals surface area contributed by atoms with Crippen molar-refractivity contribution in [1.29, 1.82) is 0 Å². The van der Waals surface area contributed by atoms with Crippen LogP contribution in [0.2, 0.25) is 0 Å². The van der Waals surface area contributed by atoms with Crippen molar-refractivity contribution in [3.8, 4) is 0 Å². The summed E-state index contributed by atoms with van der Waals surface area (Å²) in [6, 6.07) is 10.2. The average Bonchev–Trinajstić information content (AvgIpc) is 2.21. The third-order valence-electron chi connectivity index (χ3n) is 1.62. The predicted octanol–water partition coefficient (Wildman–Crippen LogP) is 3.42. The van der Waals surface area contributed by atoms with E-state index in [0.29, 0.717) is 0 Å². The molecule has 0 N–H and O–H groups in total. The van der Waals surface area contributed by atoms with Gasteiger partial charge in [-0.3, -0.25) is 0 Å². The standard InChI is InChI=1S/C9H12O.C2H6/c1-8(10-2)9-6-4-3-5-7-9;1-2/h3-8H,1-2H3;1-2H3/t8-;/m1./s1. The van der Waals surface area contributed by atoms with Gasteiger partial charge in [0.2, 0.25) is 0 Å². The van der Waals surface area contributed by atoms with E-state index in [2.05, 4.69) is 12.1 Å². The molecule has 0 radical (unpaired) electrons. The second-order valence-electron chi connectivity index (χ2n) is 2.29. The number of hydrogen-bond acceptors (Lipinski definition) is 1. The third kappa shape index (κ3) is 3.54. The molecule has 0 unspecified atom stereocenters. The first kappa shape index (κ1) is 11.2. The molecule has 1 aromatic rings. The number of rotatable bonds is 2. The minimum atomic E-state index is 0.209. The van der Waals surface area contributed by atoms with Crippen LogP contribution in [0, 0.1) is 0 Å². The van der Waals surface area contributed by atoms with Crippen LogP contribution < -0.4 is 0 Å². The minimum Gasteiger partial charge on any atom is -0.377 e. The van der Waals surface area contributed by atoms with Crippen LogP contribution in [0.5, 0.6) is 0 Å². The maximum Gasteiger partial charge on any atom is 0.0793 e. The number of ether oxygens (including phenoxy) is 1. The zero-order chi connectivity index (χ0) is 9.40. The van der Waals surface area contributed by atoms with E-state index in [1.807, 2.05) is 39.0 Å². The van der Waals surface area contributed by atoms with E-state index in [1.54, 1.807) is 7.11 Å². The molecule has 0 fully saturated rings. The Hall–Kier alpha value is -0.820. The van der Waals surface area contributed by atoms with Gasteiger partial charge >= 0.3 is 0 Å². The fraction of sp³-hybridized carbons (Fsp3) is 0.455. The summed E-state index contributed by atoms with van der Waals surface area (Å²) < 4.78 is 5.14. The summed E-state index contributed by atoms with van der Waals surface area (Å²) in [5.41, 5.74) is 1.23. The van der Waals surface area contributed by atoms with Crippen molar-refractivity contribution in [2.75, 3.05) is 7.11 Å². The summed E-state index contributed by atoms with van der Waals surface area (Å²) in [6.45, 7) is 6.04. The quantitative estimate of drug-likeness (QED) is 0.654. The van der Waals surface area contributed by atoms with E-state index in [-0.39, 0.29) is 6.10 Å². The molecule has 12 heavy (non-hydrogen) atoms. The molecule has 1 aromatic carbocycles. The Morgan fingerprint density at radius 3 is 2.00 bits per heavy atom. The normalized spacial score (nSPS) is 11.3. The van der Waals surface area contributed by atoms with Crippen molar-refractivity contribution >= 4 is 0 Å². The lowest BCUT2D eigenvalue weighted by Gasteiger charge is -2.07. The SMILES string of the molecule is CC.CO[C@H](C)c1ccccc1. The maximum atomic E-state index is 5.14. The summed E-state index contributed by atoms with van der Waals surface area (Å²) >= 11 is 0. The van der Waals surface area contributed by atoms with E-state index in [0.717, 1.165) is 0 Å². The van der Waals surface area contributed by atoms with Gasteiger partial charge in [0.15, 0.2) is 0 Å². The second-order valence-corrected chi connectivity index (χ2v) is 2.29. The monoisotopic (exact) mass is 166 g/mol. The molecule has 1 heteroatoms. The van der Waals surface area contributed by atoms with Crippen molar-refractivity contribution in [3.63, 3.8) is 0 Å². The topological polar surface area (TPSA) is 9.23 Å². The first-order valence-corrected chi connectivity index (χ1v) is 4.42. The molecule has 1 rings (SSSR count). The fourth-order valence-corrected chi connectivity index (χ4v) is 0.860. The van der Waals surface area contributed by atoms with Crippen molar-refractivity contribution < 1.29 is 4.74 Å². The van der Waals surface area contributed by atoms with Crippen LogP contribution >= 0.6 is 0 Å². The molecule has 0 aliphatic carbocycles. The number of benzene rings is 1. The molecule has 0 heterocycles. The molecule has 0 aliphatic rings. The van der Waals surface area contributed by atoms with Crippen LogP contribution in [-0.4, -0.2) is 7.11 Å². The smallest absolute Gasteiger partial charge is 0.0793 e. The van der Waals surface area contributed by atoms with E-state index >= 15 is 0 Å². The summed E-state index contributed by atoms with van der Waals surface area (Å²) in [5.74, 6) is 0. The van der Waals surface area contributed by atoms with Crippen LogP contribution in [0.4, 0.5) is 0 Å². The molecule has 0 saturated carbocycles. The zero-order valence-corrected chi connectivity index (χ0v) is 8.37. The lowest BCUT2D eigenvalue weighted by molar-refractivity contribution is 0.119. The summed E-state index contributed by atoms with van der Waals surface area (Å²) in [7, 11) is 1.72. The molecule has 0 bridgehead atoms. The highest BCUT2D eigenvalue weighted by Gasteiger charge is 1.99. The average molecular weight is 166 g/mol. The summed E-state index contributed by atoms with van der Waals surface area (Å²) in [4.78, 5) is 0. The van der Waals surface area contributed by atoms with E-state index in [9.17, 15) is 0 Å². The highest BCUT2D eigenvalue weighted by Crippen LogP contribution is 2.13. The van der Waals surface area contributed by atoms with Crippen LogP contribution in [0.25, 0.3) is 0 Å². The summed E-state index contributed by atoms with van der Waals surface area (Å²) in [5, 5.41) is 0. The molecule has 68 valence electrons. The first-order valence-electron chi connectivity index (χ1n) is 4.42. The lowest BCUT2D eigenvalue weighted by Crippen LogP contribution is -1.93. The van der Waals surface area contributed by atoms with Gasteiger partial charge in [0.1, 0.15) is 0 Å². The Balaban J connectivity index is 0.000000561. The van der Waals surface area contributed by atoms with Crippen molar-refractivity contribution in [2.45, 2.75) is 26.9 Å². The Labute approximate surface area is 75.4 Å². The number of hydrogen-bond donors (Lipinski definition) is 0. The van der Waals surface area contributed by atoms with Crippen molar-refractivity contribution in [3.05, 3.63) is 35.9 Å². The van der Waals surface area contributed by atoms with Gasteiger partial charge in [0.05, 0.1) is 6.10 Å². The van der Waals surface area contributed by atoms with Gasteiger partial charge in [0.25, 0.3) is 0 Å². The Morgan fingerprint density at radius 2 is 1.58 bits per heavy atom. The summed E-state index contributed by atoms with van der Waals surface area (Å²) in [6.07, 6.45) is 0.209. The molecule has 0 spiro atoms. The minimum absolute atomic E-state index is 0.209. The van der Waals surface area contributed by atoms with Gasteiger partial charge in [-0.15, -0.1) is 0 Å². The van der Waals surface area contributed by atoms with Gasteiger partial charge in [0, 0.05) is 7.11 Å². The van der Waals surface area contributed by atoms with E-state index in [1.165, 1.54) is 5.56 Å². The molecular weight excluding hydrogens is 148 g/mol. The van der Waals surface area contributed by atoms with Crippen LogP contribution in [0.3, 0.4) is 0 Å². The second kappa shape index (κ2) is 6.86. The highest BCUT2D eigenvalue weighted by atomic mass is 16.5. The number of methoxy groups -OCH3 is 1. The molecule has 1 atom stereocenters. The van der Waals surface area contributed by atoms with Crippen LogP contribution in [-0.2, 0) is 4.74 Å². The molecule has 0 aromatic heterocycles. The Bertz CT molecular complexity index is 181. The van der Waals surface area contributed by atoms with Gasteiger partial charge in [-0.2, -0.15) is 0 Å². The predicted molar refractivity (Wildman–Crippen MR) is 53.2 cm³/mol. The molecule has 0 saturated heterocycles. The van der Waals surface area contributed by atoms with Crippen LogP contribution in [0.1, 0.15) is 32.4 Å². The lowest BCUT2D eigenvalue weighted by atomic mass is 10.1. The largest absolute Gasteiger partial charge is 0.377 e. The maximum absolute atomic E-state index is 5.14. The van der Waals surface area contributed by atoms with Crippen LogP contribution in [0.15, 0.2) is 30.3 Å². The van der Waals surface area contributed by atoms with Gasteiger partial charge in [-0.1, -0.05) is 44.2 Å². The van der Waals surface area contributed by atoms with Gasteiger partial charge in [-0.05, 0) is 12.5 Å². The Morgan fingerprint density at radius 1 is 1.08 bits per heavy atom. The third-order valence-corrected chi connectivity index (χ3v) is 1.62. The first-order chi connectivity index (χ1) is 5.84. The molecule has 1 nitrogen and oxygen atoms in total. The van der Waals surface area contributed by atoms with E-state index in [4.69, 9.17) is 4.74 Å². The molecule has 0 aliphatic heterocycles.